The van der Waals surface area contributed by atoms with Crippen LogP contribution in [0.3, 0.4) is 0 Å². The Morgan fingerprint density at radius 1 is 1.15 bits per heavy atom. The SMILES string of the molecule is C[C@@H](CCc1ccccc1)NC(=O)CSc1nc2ccccc2c(=O)n1C. The third-order valence-corrected chi connectivity index (χ3v) is 5.42. The van der Waals surface area contributed by atoms with Crippen molar-refractivity contribution in [2.24, 2.45) is 7.05 Å². The van der Waals surface area contributed by atoms with Crippen molar-refractivity contribution in [3.63, 3.8) is 0 Å². The van der Waals surface area contributed by atoms with Crippen LogP contribution in [0, 0.1) is 0 Å². The van der Waals surface area contributed by atoms with Crippen molar-refractivity contribution in [1.29, 1.82) is 0 Å². The number of aromatic nitrogens is 2. The lowest BCUT2D eigenvalue weighted by Gasteiger charge is -2.14. The van der Waals surface area contributed by atoms with Gasteiger partial charge in [-0.15, -0.1) is 0 Å². The highest BCUT2D eigenvalue weighted by Gasteiger charge is 2.12. The molecule has 0 spiro atoms. The monoisotopic (exact) mass is 381 g/mol. The van der Waals surface area contributed by atoms with Gasteiger partial charge >= 0.3 is 0 Å². The van der Waals surface area contributed by atoms with Crippen LogP contribution in [0.1, 0.15) is 18.9 Å². The van der Waals surface area contributed by atoms with Gasteiger partial charge in [0.2, 0.25) is 5.91 Å². The summed E-state index contributed by atoms with van der Waals surface area (Å²) in [7, 11) is 1.69. The summed E-state index contributed by atoms with van der Waals surface area (Å²) >= 11 is 1.28. The van der Waals surface area contributed by atoms with Gasteiger partial charge in [0.25, 0.3) is 5.56 Å². The van der Waals surface area contributed by atoms with Crippen LogP contribution in [0.5, 0.6) is 0 Å². The Morgan fingerprint density at radius 3 is 2.63 bits per heavy atom. The lowest BCUT2D eigenvalue weighted by atomic mass is 10.1. The van der Waals surface area contributed by atoms with Crippen molar-refractivity contribution >= 4 is 28.6 Å². The molecule has 1 aromatic heterocycles. The third kappa shape index (κ3) is 4.98. The Hall–Kier alpha value is -2.60. The molecule has 0 aliphatic rings. The van der Waals surface area contributed by atoms with Gasteiger partial charge in [-0.2, -0.15) is 0 Å². The average Bonchev–Trinajstić information content (AvgIpc) is 2.69. The molecule has 6 heteroatoms. The molecule has 2 aromatic carbocycles. The summed E-state index contributed by atoms with van der Waals surface area (Å²) < 4.78 is 1.50. The maximum absolute atomic E-state index is 12.4. The van der Waals surface area contributed by atoms with Crippen molar-refractivity contribution in [3.8, 4) is 0 Å². The molecule has 0 aliphatic heterocycles. The van der Waals surface area contributed by atoms with E-state index in [0.29, 0.717) is 16.1 Å². The van der Waals surface area contributed by atoms with Gasteiger partial charge in [0, 0.05) is 13.1 Å². The summed E-state index contributed by atoms with van der Waals surface area (Å²) in [6.07, 6.45) is 1.81. The Balaban J connectivity index is 1.55. The molecule has 0 aliphatic carbocycles. The zero-order valence-electron chi connectivity index (χ0n) is 15.5. The highest BCUT2D eigenvalue weighted by atomic mass is 32.2. The highest BCUT2D eigenvalue weighted by Crippen LogP contribution is 2.16. The van der Waals surface area contributed by atoms with Crippen LogP contribution in [-0.2, 0) is 18.3 Å². The Labute approximate surface area is 162 Å². The van der Waals surface area contributed by atoms with E-state index in [2.05, 4.69) is 22.4 Å². The zero-order chi connectivity index (χ0) is 19.2. The fourth-order valence-corrected chi connectivity index (χ4v) is 3.66. The lowest BCUT2D eigenvalue weighted by Crippen LogP contribution is -2.34. The van der Waals surface area contributed by atoms with E-state index in [1.807, 2.05) is 43.3 Å². The first-order valence-corrected chi connectivity index (χ1v) is 9.95. The fraction of sp³-hybridized carbons (Fsp3) is 0.286. The third-order valence-electron chi connectivity index (χ3n) is 4.39. The summed E-state index contributed by atoms with van der Waals surface area (Å²) in [4.78, 5) is 29.2. The Morgan fingerprint density at radius 2 is 1.85 bits per heavy atom. The number of rotatable bonds is 7. The van der Waals surface area contributed by atoms with E-state index in [1.54, 1.807) is 13.1 Å². The van der Waals surface area contributed by atoms with Gasteiger partial charge in [-0.05, 0) is 37.5 Å². The van der Waals surface area contributed by atoms with Gasteiger partial charge in [0.15, 0.2) is 5.16 Å². The van der Waals surface area contributed by atoms with Crippen LogP contribution in [-0.4, -0.2) is 27.3 Å². The zero-order valence-corrected chi connectivity index (χ0v) is 16.3. The molecular formula is C21H23N3O2S. The summed E-state index contributed by atoms with van der Waals surface area (Å²) in [5.74, 6) is 0.178. The standard InChI is InChI=1S/C21H23N3O2S/c1-15(12-13-16-8-4-3-5-9-16)22-19(25)14-27-21-23-18-11-7-6-10-17(18)20(26)24(21)2/h3-11,15H,12-14H2,1-2H3,(H,22,25)/t15-/m0/s1. The molecule has 1 atom stereocenters. The second kappa shape index (κ2) is 8.86. The van der Waals surface area contributed by atoms with E-state index in [0.717, 1.165) is 12.8 Å². The highest BCUT2D eigenvalue weighted by molar-refractivity contribution is 7.99. The number of benzene rings is 2. The van der Waals surface area contributed by atoms with Gasteiger partial charge < -0.3 is 5.32 Å². The number of nitrogens with zero attached hydrogens (tertiary/aromatic N) is 2. The number of carbonyl (C=O) groups is 1. The molecule has 3 aromatic rings. The summed E-state index contributed by atoms with van der Waals surface area (Å²) in [5, 5.41) is 4.15. The van der Waals surface area contributed by atoms with E-state index >= 15 is 0 Å². The number of nitrogens with one attached hydrogen (secondary N) is 1. The summed E-state index contributed by atoms with van der Waals surface area (Å²) in [6, 6.07) is 17.6. The molecule has 0 unspecified atom stereocenters. The number of carbonyl (C=O) groups excluding carboxylic acids is 1. The minimum atomic E-state index is -0.0975. The number of hydrogen-bond donors (Lipinski definition) is 1. The predicted molar refractivity (Wildman–Crippen MR) is 110 cm³/mol. The molecular weight excluding hydrogens is 358 g/mol. The molecule has 3 rings (SSSR count). The largest absolute Gasteiger partial charge is 0.353 e. The molecule has 0 saturated carbocycles. The minimum absolute atomic E-state index is 0.0528. The molecule has 1 N–H and O–H groups in total. The smallest absolute Gasteiger partial charge is 0.261 e. The first kappa shape index (κ1) is 19.2. The Bertz CT molecular complexity index is 986. The van der Waals surface area contributed by atoms with Crippen LogP contribution in [0.4, 0.5) is 0 Å². The molecule has 140 valence electrons. The van der Waals surface area contributed by atoms with Crippen LogP contribution in [0.2, 0.25) is 0 Å². The Kier molecular flexibility index (Phi) is 6.29. The van der Waals surface area contributed by atoms with Gasteiger partial charge in [-0.25, -0.2) is 4.98 Å². The quantitative estimate of drug-likeness (QED) is 0.504. The van der Waals surface area contributed by atoms with Crippen LogP contribution in [0.15, 0.2) is 64.5 Å². The maximum Gasteiger partial charge on any atom is 0.261 e. The van der Waals surface area contributed by atoms with Crippen LogP contribution in [0.25, 0.3) is 10.9 Å². The number of aryl methyl sites for hydroxylation is 1. The van der Waals surface area contributed by atoms with E-state index in [1.165, 1.54) is 21.9 Å². The van der Waals surface area contributed by atoms with Gasteiger partial charge in [0.05, 0.1) is 16.7 Å². The van der Waals surface area contributed by atoms with Crippen molar-refractivity contribution in [1.82, 2.24) is 14.9 Å². The normalized spacial score (nSPS) is 12.1. The topological polar surface area (TPSA) is 64.0 Å². The van der Waals surface area contributed by atoms with Gasteiger partial charge in [-0.1, -0.05) is 54.2 Å². The first-order valence-electron chi connectivity index (χ1n) is 8.96. The van der Waals surface area contributed by atoms with E-state index in [4.69, 9.17) is 0 Å². The van der Waals surface area contributed by atoms with Crippen molar-refractivity contribution in [2.75, 3.05) is 5.75 Å². The number of amides is 1. The molecule has 0 radical (unpaired) electrons. The van der Waals surface area contributed by atoms with Crippen molar-refractivity contribution in [2.45, 2.75) is 31.0 Å². The first-order chi connectivity index (χ1) is 13.0. The molecule has 0 fully saturated rings. The minimum Gasteiger partial charge on any atom is -0.353 e. The van der Waals surface area contributed by atoms with Gasteiger partial charge in [-0.3, -0.25) is 14.2 Å². The van der Waals surface area contributed by atoms with E-state index in [-0.39, 0.29) is 23.3 Å². The van der Waals surface area contributed by atoms with Crippen molar-refractivity contribution < 1.29 is 4.79 Å². The molecule has 5 nitrogen and oxygen atoms in total. The average molecular weight is 382 g/mol. The maximum atomic E-state index is 12.4. The van der Waals surface area contributed by atoms with Crippen LogP contribution < -0.4 is 10.9 Å². The molecule has 0 saturated heterocycles. The summed E-state index contributed by atoms with van der Waals surface area (Å²) in [5.41, 5.74) is 1.82. The molecule has 27 heavy (non-hydrogen) atoms. The van der Waals surface area contributed by atoms with Crippen molar-refractivity contribution in [3.05, 3.63) is 70.5 Å². The fourth-order valence-electron chi connectivity index (χ4n) is 2.87. The lowest BCUT2D eigenvalue weighted by molar-refractivity contribution is -0.119. The molecule has 0 bridgehead atoms. The van der Waals surface area contributed by atoms with E-state index < -0.39 is 0 Å². The van der Waals surface area contributed by atoms with Crippen LogP contribution >= 0.6 is 11.8 Å². The second-order valence-corrected chi connectivity index (χ2v) is 7.50. The number of fused-ring (bicyclic) bond motifs is 1. The van der Waals surface area contributed by atoms with E-state index in [9.17, 15) is 9.59 Å². The predicted octanol–water partition coefficient (Wildman–Crippen LogP) is 3.16. The molecule has 1 heterocycles. The second-order valence-electron chi connectivity index (χ2n) is 6.56. The number of para-hydroxylation sites is 1. The number of thioether (sulfide) groups is 1. The van der Waals surface area contributed by atoms with Gasteiger partial charge in [0.1, 0.15) is 0 Å². The summed E-state index contributed by atoms with van der Waals surface area (Å²) in [6.45, 7) is 2.01. The number of hydrogen-bond acceptors (Lipinski definition) is 4. The molecule has 1 amide bonds.